The third kappa shape index (κ3) is 2.65. The van der Waals surface area contributed by atoms with Crippen LogP contribution in [0.4, 0.5) is 0 Å². The van der Waals surface area contributed by atoms with E-state index in [9.17, 15) is 0 Å². The van der Waals surface area contributed by atoms with Crippen molar-refractivity contribution in [1.82, 2.24) is 14.8 Å². The molecule has 0 aliphatic carbocycles. The predicted molar refractivity (Wildman–Crippen MR) is 65.9 cm³/mol. The van der Waals surface area contributed by atoms with Crippen LogP contribution in [0.15, 0.2) is 30.7 Å². The Morgan fingerprint density at radius 3 is 2.82 bits per heavy atom. The summed E-state index contributed by atoms with van der Waals surface area (Å²) in [6.07, 6.45) is 5.83. The fourth-order valence-electron chi connectivity index (χ4n) is 1.81. The van der Waals surface area contributed by atoms with Crippen LogP contribution in [0.1, 0.15) is 17.4 Å². The Morgan fingerprint density at radius 1 is 1.47 bits per heavy atom. The first kappa shape index (κ1) is 12.1. The van der Waals surface area contributed by atoms with Crippen molar-refractivity contribution in [3.8, 4) is 0 Å². The Hall–Kier alpha value is -1.39. The molecule has 0 aromatic carbocycles. The second kappa shape index (κ2) is 5.29. The molecule has 0 saturated carbocycles. The van der Waals surface area contributed by atoms with Gasteiger partial charge in [-0.25, -0.2) is 0 Å². The van der Waals surface area contributed by atoms with Gasteiger partial charge in [0, 0.05) is 33.0 Å². The summed E-state index contributed by atoms with van der Waals surface area (Å²) >= 11 is 6.11. The minimum absolute atomic E-state index is 0.112. The van der Waals surface area contributed by atoms with Crippen molar-refractivity contribution in [2.45, 2.75) is 12.5 Å². The van der Waals surface area contributed by atoms with Gasteiger partial charge in [-0.2, -0.15) is 5.10 Å². The van der Waals surface area contributed by atoms with E-state index in [1.165, 1.54) is 0 Å². The van der Waals surface area contributed by atoms with Crippen LogP contribution < -0.4 is 0 Å². The molecule has 2 aromatic heterocycles. The smallest absolute Gasteiger partial charge is 0.104 e. The number of nitrogens with zero attached hydrogens (tertiary/aromatic N) is 3. The second-order valence-electron chi connectivity index (χ2n) is 3.79. The van der Waals surface area contributed by atoms with Crippen LogP contribution in [0.3, 0.4) is 0 Å². The van der Waals surface area contributed by atoms with Crippen LogP contribution in [-0.4, -0.2) is 21.9 Å². The van der Waals surface area contributed by atoms with Crippen molar-refractivity contribution in [2.75, 3.05) is 7.11 Å². The summed E-state index contributed by atoms with van der Waals surface area (Å²) in [7, 11) is 3.53. The lowest BCUT2D eigenvalue weighted by Gasteiger charge is -2.16. The molecule has 5 heteroatoms. The molecule has 2 aromatic rings. The van der Waals surface area contributed by atoms with E-state index in [2.05, 4.69) is 10.1 Å². The summed E-state index contributed by atoms with van der Waals surface area (Å²) in [5, 5.41) is 4.74. The summed E-state index contributed by atoms with van der Waals surface area (Å²) in [6, 6.07) is 3.93. The molecule has 0 saturated heterocycles. The third-order valence-corrected chi connectivity index (χ3v) is 2.96. The van der Waals surface area contributed by atoms with Crippen LogP contribution in [0.25, 0.3) is 0 Å². The fraction of sp³-hybridized carbons (Fsp3) is 0.333. The molecule has 90 valence electrons. The maximum Gasteiger partial charge on any atom is 0.104 e. The number of methoxy groups -OCH3 is 1. The molecule has 4 nitrogen and oxygen atoms in total. The molecule has 0 fully saturated rings. The lowest BCUT2D eigenvalue weighted by atomic mass is 10.1. The van der Waals surface area contributed by atoms with Gasteiger partial charge in [-0.15, -0.1) is 0 Å². The van der Waals surface area contributed by atoms with Gasteiger partial charge in [-0.05, 0) is 11.6 Å². The van der Waals surface area contributed by atoms with Crippen LogP contribution in [0, 0.1) is 0 Å². The molecule has 0 spiro atoms. The highest BCUT2D eigenvalue weighted by molar-refractivity contribution is 6.31. The van der Waals surface area contributed by atoms with Crippen molar-refractivity contribution in [3.63, 3.8) is 0 Å². The predicted octanol–water partition coefficient (Wildman–Crippen LogP) is 2.40. The monoisotopic (exact) mass is 251 g/mol. The largest absolute Gasteiger partial charge is 0.375 e. The molecule has 0 aliphatic rings. The van der Waals surface area contributed by atoms with Crippen molar-refractivity contribution in [3.05, 3.63) is 47.0 Å². The van der Waals surface area contributed by atoms with Gasteiger partial charge in [0.2, 0.25) is 0 Å². The van der Waals surface area contributed by atoms with Gasteiger partial charge < -0.3 is 4.74 Å². The molecule has 2 rings (SSSR count). The quantitative estimate of drug-likeness (QED) is 0.838. The zero-order valence-electron chi connectivity index (χ0n) is 9.80. The number of hydrogen-bond donors (Lipinski definition) is 0. The SMILES string of the molecule is CO[C@H](Cc1cccnc1)c1c(Cl)cnn1C. The summed E-state index contributed by atoms with van der Waals surface area (Å²) in [5.74, 6) is 0. The van der Waals surface area contributed by atoms with E-state index in [1.54, 1.807) is 24.2 Å². The van der Waals surface area contributed by atoms with Gasteiger partial charge in [0.25, 0.3) is 0 Å². The van der Waals surface area contributed by atoms with Crippen molar-refractivity contribution in [1.29, 1.82) is 0 Å². The van der Waals surface area contributed by atoms with E-state index >= 15 is 0 Å². The third-order valence-electron chi connectivity index (χ3n) is 2.67. The molecule has 1 atom stereocenters. The number of pyridine rings is 1. The van der Waals surface area contributed by atoms with Gasteiger partial charge in [-0.1, -0.05) is 17.7 Å². The summed E-state index contributed by atoms with van der Waals surface area (Å²) in [4.78, 5) is 4.09. The summed E-state index contributed by atoms with van der Waals surface area (Å²) < 4.78 is 7.23. The minimum atomic E-state index is -0.112. The van der Waals surface area contributed by atoms with Crippen LogP contribution >= 0.6 is 11.6 Å². The first-order chi connectivity index (χ1) is 8.22. The number of rotatable bonds is 4. The summed E-state index contributed by atoms with van der Waals surface area (Å²) in [6.45, 7) is 0. The molecular formula is C12H14ClN3O. The molecule has 0 aliphatic heterocycles. The average molecular weight is 252 g/mol. The van der Waals surface area contributed by atoms with Gasteiger partial charge in [0.05, 0.1) is 16.9 Å². The number of halogens is 1. The lowest BCUT2D eigenvalue weighted by Crippen LogP contribution is -2.11. The first-order valence-corrected chi connectivity index (χ1v) is 5.69. The highest BCUT2D eigenvalue weighted by Gasteiger charge is 2.19. The highest BCUT2D eigenvalue weighted by Crippen LogP contribution is 2.27. The molecule has 0 amide bonds. The van der Waals surface area contributed by atoms with E-state index in [0.717, 1.165) is 17.7 Å². The van der Waals surface area contributed by atoms with Crippen molar-refractivity contribution < 1.29 is 4.74 Å². The van der Waals surface area contributed by atoms with E-state index in [4.69, 9.17) is 16.3 Å². The minimum Gasteiger partial charge on any atom is -0.375 e. The molecule has 2 heterocycles. The van der Waals surface area contributed by atoms with Crippen molar-refractivity contribution >= 4 is 11.6 Å². The number of hydrogen-bond acceptors (Lipinski definition) is 3. The van der Waals surface area contributed by atoms with Crippen LogP contribution in [-0.2, 0) is 18.2 Å². The number of aryl methyl sites for hydroxylation is 1. The Labute approximate surface area is 105 Å². The van der Waals surface area contributed by atoms with E-state index in [-0.39, 0.29) is 6.10 Å². The van der Waals surface area contributed by atoms with Crippen molar-refractivity contribution in [2.24, 2.45) is 7.05 Å². The Bertz CT molecular complexity index is 464. The topological polar surface area (TPSA) is 39.9 Å². The average Bonchev–Trinajstić information content (AvgIpc) is 2.68. The second-order valence-corrected chi connectivity index (χ2v) is 4.20. The molecule has 0 radical (unpaired) electrons. The van der Waals surface area contributed by atoms with Gasteiger partial charge >= 0.3 is 0 Å². The fourth-order valence-corrected chi connectivity index (χ4v) is 2.09. The van der Waals surface area contributed by atoms with E-state index in [0.29, 0.717) is 5.02 Å². The Kier molecular flexibility index (Phi) is 3.76. The Morgan fingerprint density at radius 2 is 2.29 bits per heavy atom. The normalized spacial score (nSPS) is 12.6. The molecule has 0 unspecified atom stereocenters. The molecular weight excluding hydrogens is 238 g/mol. The number of ether oxygens (including phenoxy) is 1. The van der Waals surface area contributed by atoms with Crippen LogP contribution in [0.5, 0.6) is 0 Å². The van der Waals surface area contributed by atoms with E-state index in [1.807, 2.05) is 25.4 Å². The zero-order valence-corrected chi connectivity index (χ0v) is 10.6. The molecule has 0 bridgehead atoms. The summed E-state index contributed by atoms with van der Waals surface area (Å²) in [5.41, 5.74) is 2.00. The maximum atomic E-state index is 6.11. The maximum absolute atomic E-state index is 6.11. The van der Waals surface area contributed by atoms with Gasteiger partial charge in [-0.3, -0.25) is 9.67 Å². The Balaban J connectivity index is 2.23. The van der Waals surface area contributed by atoms with Gasteiger partial charge in [0.15, 0.2) is 0 Å². The first-order valence-electron chi connectivity index (χ1n) is 5.31. The molecule has 0 N–H and O–H groups in total. The van der Waals surface area contributed by atoms with Crippen LogP contribution in [0.2, 0.25) is 5.02 Å². The standard InChI is InChI=1S/C12H14ClN3O/c1-16-12(10(13)8-15-16)11(17-2)6-9-4-3-5-14-7-9/h3-5,7-8,11H,6H2,1-2H3/t11-/m1/s1. The lowest BCUT2D eigenvalue weighted by molar-refractivity contribution is 0.0966. The zero-order chi connectivity index (χ0) is 12.3. The highest BCUT2D eigenvalue weighted by atomic mass is 35.5. The van der Waals surface area contributed by atoms with E-state index < -0.39 is 0 Å². The number of aromatic nitrogens is 3. The van der Waals surface area contributed by atoms with Gasteiger partial charge in [0.1, 0.15) is 6.10 Å². The molecule has 17 heavy (non-hydrogen) atoms.